The molecule has 1 unspecified atom stereocenters. The highest BCUT2D eigenvalue weighted by atomic mass is 16.5. The zero-order valence-electron chi connectivity index (χ0n) is 13.3. The molecule has 20 heavy (non-hydrogen) atoms. The fraction of sp³-hybridized carbons (Fsp3) is 1.00. The van der Waals surface area contributed by atoms with E-state index in [-0.39, 0.29) is 6.10 Å². The van der Waals surface area contributed by atoms with Crippen LogP contribution in [0.2, 0.25) is 0 Å². The number of nitrogens with one attached hydrogen (secondary N) is 1. The van der Waals surface area contributed by atoms with Crippen molar-refractivity contribution in [2.24, 2.45) is 0 Å². The first-order chi connectivity index (χ1) is 9.83. The largest absolute Gasteiger partial charge is 0.389 e. The number of hydrogen-bond donors (Lipinski definition) is 2. The van der Waals surface area contributed by atoms with E-state index in [9.17, 15) is 5.11 Å². The summed E-state index contributed by atoms with van der Waals surface area (Å²) in [6.45, 7) is 8.42. The van der Waals surface area contributed by atoms with Gasteiger partial charge in [-0.2, -0.15) is 0 Å². The highest BCUT2D eigenvalue weighted by Crippen LogP contribution is 2.07. The van der Waals surface area contributed by atoms with E-state index in [0.717, 1.165) is 45.8 Å². The standard InChI is InChI=1S/C16H34N2O2/c1-2-3-4-5-6-7-8-13-20-15-16(19)14-18-11-9-17-10-12-18/h16-17,19H,2-15H2,1H3. The van der Waals surface area contributed by atoms with Gasteiger partial charge < -0.3 is 15.2 Å². The number of β-amino-alcohol motifs (C(OH)–C–C–N with tert-alkyl or cyclic N) is 1. The molecule has 0 bridgehead atoms. The molecule has 0 aliphatic carbocycles. The Morgan fingerprint density at radius 1 is 1.05 bits per heavy atom. The van der Waals surface area contributed by atoms with E-state index in [4.69, 9.17) is 4.74 Å². The molecule has 1 aliphatic heterocycles. The van der Waals surface area contributed by atoms with Crippen molar-refractivity contribution in [3.8, 4) is 0 Å². The summed E-state index contributed by atoms with van der Waals surface area (Å²) in [6, 6.07) is 0. The lowest BCUT2D eigenvalue weighted by Crippen LogP contribution is -2.47. The molecule has 1 saturated heterocycles. The van der Waals surface area contributed by atoms with Crippen molar-refractivity contribution in [3.05, 3.63) is 0 Å². The van der Waals surface area contributed by atoms with Crippen molar-refractivity contribution in [1.82, 2.24) is 10.2 Å². The minimum atomic E-state index is -0.336. The van der Waals surface area contributed by atoms with E-state index in [0.29, 0.717) is 6.61 Å². The number of aliphatic hydroxyl groups excluding tert-OH is 1. The maximum Gasteiger partial charge on any atom is 0.0900 e. The number of ether oxygens (including phenoxy) is 1. The molecule has 0 radical (unpaired) electrons. The second kappa shape index (κ2) is 12.6. The number of hydrogen-bond acceptors (Lipinski definition) is 4. The minimum absolute atomic E-state index is 0.336. The second-order valence-electron chi connectivity index (χ2n) is 5.90. The molecule has 4 heteroatoms. The predicted octanol–water partition coefficient (Wildman–Crippen LogP) is 2.02. The summed E-state index contributed by atoms with van der Waals surface area (Å²) in [4.78, 5) is 2.30. The van der Waals surface area contributed by atoms with Crippen LogP contribution in [0.1, 0.15) is 51.9 Å². The van der Waals surface area contributed by atoms with Crippen LogP contribution in [0.5, 0.6) is 0 Å². The van der Waals surface area contributed by atoms with Crippen LogP contribution in [0, 0.1) is 0 Å². The van der Waals surface area contributed by atoms with Gasteiger partial charge in [0.15, 0.2) is 0 Å². The summed E-state index contributed by atoms with van der Waals surface area (Å²) in [6.07, 6.45) is 8.80. The Labute approximate surface area is 124 Å². The van der Waals surface area contributed by atoms with Crippen molar-refractivity contribution < 1.29 is 9.84 Å². The van der Waals surface area contributed by atoms with E-state index < -0.39 is 0 Å². The van der Waals surface area contributed by atoms with Crippen LogP contribution in [-0.2, 0) is 4.74 Å². The molecular weight excluding hydrogens is 252 g/mol. The van der Waals surface area contributed by atoms with Crippen molar-refractivity contribution in [3.63, 3.8) is 0 Å². The monoisotopic (exact) mass is 286 g/mol. The first-order valence-electron chi connectivity index (χ1n) is 8.51. The molecule has 0 aromatic heterocycles. The topological polar surface area (TPSA) is 44.7 Å². The quantitative estimate of drug-likeness (QED) is 0.539. The number of nitrogens with zero attached hydrogens (tertiary/aromatic N) is 1. The van der Waals surface area contributed by atoms with E-state index in [1.54, 1.807) is 0 Å². The van der Waals surface area contributed by atoms with Gasteiger partial charge in [-0.15, -0.1) is 0 Å². The molecular formula is C16H34N2O2. The Morgan fingerprint density at radius 3 is 2.40 bits per heavy atom. The predicted molar refractivity (Wildman–Crippen MR) is 84.1 cm³/mol. The number of piperazine rings is 1. The number of unbranched alkanes of at least 4 members (excludes halogenated alkanes) is 6. The molecule has 120 valence electrons. The Morgan fingerprint density at radius 2 is 1.70 bits per heavy atom. The highest BCUT2D eigenvalue weighted by Gasteiger charge is 2.13. The van der Waals surface area contributed by atoms with Crippen LogP contribution in [0.3, 0.4) is 0 Å². The van der Waals surface area contributed by atoms with Gasteiger partial charge in [0.05, 0.1) is 12.7 Å². The van der Waals surface area contributed by atoms with Crippen molar-refractivity contribution >= 4 is 0 Å². The third-order valence-corrected chi connectivity index (χ3v) is 3.88. The Kier molecular flexibility index (Phi) is 11.2. The van der Waals surface area contributed by atoms with Crippen molar-refractivity contribution in [1.29, 1.82) is 0 Å². The van der Waals surface area contributed by atoms with Crippen LogP contribution in [0.4, 0.5) is 0 Å². The minimum Gasteiger partial charge on any atom is -0.389 e. The van der Waals surface area contributed by atoms with Crippen molar-refractivity contribution in [2.75, 3.05) is 45.9 Å². The molecule has 0 saturated carbocycles. The zero-order valence-corrected chi connectivity index (χ0v) is 13.3. The molecule has 0 spiro atoms. The third-order valence-electron chi connectivity index (χ3n) is 3.88. The molecule has 2 N–H and O–H groups in total. The third kappa shape index (κ3) is 9.70. The van der Waals surface area contributed by atoms with Gasteiger partial charge in [0.2, 0.25) is 0 Å². The highest BCUT2D eigenvalue weighted by molar-refractivity contribution is 4.70. The summed E-state index contributed by atoms with van der Waals surface area (Å²) < 4.78 is 5.57. The second-order valence-corrected chi connectivity index (χ2v) is 5.90. The van der Waals surface area contributed by atoms with Gasteiger partial charge in [0.25, 0.3) is 0 Å². The van der Waals surface area contributed by atoms with E-state index in [1.807, 2.05) is 0 Å². The van der Waals surface area contributed by atoms with Crippen LogP contribution in [0.25, 0.3) is 0 Å². The average Bonchev–Trinajstić information content (AvgIpc) is 2.46. The summed E-state index contributed by atoms with van der Waals surface area (Å²) in [5.74, 6) is 0. The maximum atomic E-state index is 9.91. The average molecular weight is 286 g/mol. The Hall–Kier alpha value is -0.160. The van der Waals surface area contributed by atoms with Gasteiger partial charge in [-0.1, -0.05) is 45.4 Å². The normalized spacial score (nSPS) is 18.3. The van der Waals surface area contributed by atoms with Crippen LogP contribution >= 0.6 is 0 Å². The lowest BCUT2D eigenvalue weighted by Gasteiger charge is -2.28. The van der Waals surface area contributed by atoms with Gasteiger partial charge in [-0.25, -0.2) is 0 Å². The first-order valence-corrected chi connectivity index (χ1v) is 8.51. The molecule has 0 aromatic carbocycles. The zero-order chi connectivity index (χ0) is 14.5. The first kappa shape index (κ1) is 17.9. The Bertz CT molecular complexity index is 209. The van der Waals surface area contributed by atoms with Gasteiger partial charge in [0, 0.05) is 39.3 Å². The van der Waals surface area contributed by atoms with Crippen LogP contribution < -0.4 is 5.32 Å². The molecule has 1 aliphatic rings. The molecule has 1 rings (SSSR count). The van der Waals surface area contributed by atoms with Gasteiger partial charge in [-0.05, 0) is 6.42 Å². The molecule has 1 fully saturated rings. The molecule has 4 nitrogen and oxygen atoms in total. The maximum absolute atomic E-state index is 9.91. The number of rotatable bonds is 12. The lowest BCUT2D eigenvalue weighted by molar-refractivity contribution is 0.0136. The van der Waals surface area contributed by atoms with E-state index >= 15 is 0 Å². The SMILES string of the molecule is CCCCCCCCCOCC(O)CN1CCNCC1. The molecule has 1 heterocycles. The fourth-order valence-electron chi connectivity index (χ4n) is 2.63. The van der Waals surface area contributed by atoms with E-state index in [1.165, 1.54) is 38.5 Å². The smallest absolute Gasteiger partial charge is 0.0900 e. The summed E-state index contributed by atoms with van der Waals surface area (Å²) in [5.41, 5.74) is 0. The summed E-state index contributed by atoms with van der Waals surface area (Å²) in [5, 5.41) is 13.2. The molecule has 0 aromatic rings. The Balaban J connectivity index is 1.83. The van der Waals surface area contributed by atoms with Crippen molar-refractivity contribution in [2.45, 2.75) is 58.0 Å². The lowest BCUT2D eigenvalue weighted by atomic mass is 10.1. The number of aliphatic hydroxyl groups is 1. The van der Waals surface area contributed by atoms with Gasteiger partial charge in [0.1, 0.15) is 0 Å². The molecule has 1 atom stereocenters. The van der Waals surface area contributed by atoms with Gasteiger partial charge >= 0.3 is 0 Å². The summed E-state index contributed by atoms with van der Waals surface area (Å²) in [7, 11) is 0. The molecule has 0 amide bonds. The van der Waals surface area contributed by atoms with Crippen LogP contribution in [0.15, 0.2) is 0 Å². The fourth-order valence-corrected chi connectivity index (χ4v) is 2.63. The van der Waals surface area contributed by atoms with Crippen LogP contribution in [-0.4, -0.2) is 62.0 Å². The van der Waals surface area contributed by atoms with Gasteiger partial charge in [-0.3, -0.25) is 4.90 Å². The summed E-state index contributed by atoms with van der Waals surface area (Å²) >= 11 is 0. The van der Waals surface area contributed by atoms with E-state index in [2.05, 4.69) is 17.1 Å².